The smallest absolute Gasteiger partial charge is 0.412 e. The van der Waals surface area contributed by atoms with Gasteiger partial charge in [0, 0.05) is 31.1 Å². The molecule has 6 heterocycles. The molecule has 0 saturated heterocycles. The number of H-pyrrole nitrogens is 1. The van der Waals surface area contributed by atoms with Crippen LogP contribution in [0.25, 0.3) is 17.0 Å². The number of nitrogens with zero attached hydrogens (tertiary/aromatic N) is 8. The Hall–Kier alpha value is -4.06. The lowest BCUT2D eigenvalue weighted by atomic mass is 9.99. The molecule has 0 fully saturated rings. The second-order valence-electron chi connectivity index (χ2n) is 8.60. The number of aromatic amines is 1. The van der Waals surface area contributed by atoms with Gasteiger partial charge in [0.15, 0.2) is 0 Å². The summed E-state index contributed by atoms with van der Waals surface area (Å²) in [6.07, 6.45) is 2.07. The van der Waals surface area contributed by atoms with Crippen LogP contribution in [0.2, 0.25) is 0 Å². The van der Waals surface area contributed by atoms with Gasteiger partial charge in [-0.05, 0) is 25.1 Å². The van der Waals surface area contributed by atoms with Crippen molar-refractivity contribution in [3.05, 3.63) is 71.7 Å². The topological polar surface area (TPSA) is 123 Å². The molecule has 0 saturated carbocycles. The molecule has 15 heteroatoms. The lowest BCUT2D eigenvalue weighted by molar-refractivity contribution is -0.136. The number of nitrogens with one attached hydrogen (secondary N) is 1. The average Bonchev–Trinajstić information content (AvgIpc) is 3.66. The van der Waals surface area contributed by atoms with E-state index >= 15 is 0 Å². The van der Waals surface area contributed by atoms with E-state index in [1.54, 1.807) is 17.1 Å². The second kappa shape index (κ2) is 8.51. The largest absolute Gasteiger partial charge is 0.418 e. The summed E-state index contributed by atoms with van der Waals surface area (Å²) in [6, 6.07) is 2.73. The zero-order chi connectivity index (χ0) is 25.9. The number of hydrogen-bond donors (Lipinski definition) is 1. The molecule has 5 aromatic heterocycles. The first-order chi connectivity index (χ1) is 17.7. The zero-order valence-corrected chi connectivity index (χ0v) is 20.4. The van der Waals surface area contributed by atoms with E-state index in [4.69, 9.17) is 4.42 Å². The third-order valence-electron chi connectivity index (χ3n) is 6.17. The molecule has 0 radical (unpaired) electrons. The Morgan fingerprint density at radius 3 is 2.92 bits per heavy atom. The van der Waals surface area contributed by atoms with E-state index in [2.05, 4.69) is 39.6 Å². The molecule has 190 valence electrons. The van der Waals surface area contributed by atoms with Gasteiger partial charge in [-0.1, -0.05) is 0 Å². The van der Waals surface area contributed by atoms with Gasteiger partial charge >= 0.3 is 18.0 Å². The summed E-state index contributed by atoms with van der Waals surface area (Å²) in [5.41, 5.74) is 1.09. The van der Waals surface area contributed by atoms with Gasteiger partial charge in [0.25, 0.3) is 5.89 Å². The van der Waals surface area contributed by atoms with Crippen LogP contribution in [0.3, 0.4) is 0 Å². The maximum atomic E-state index is 13.6. The van der Waals surface area contributed by atoms with Crippen LogP contribution in [0.4, 0.5) is 13.2 Å². The molecule has 1 N–H and O–H groups in total. The number of pyridine rings is 1. The van der Waals surface area contributed by atoms with Crippen LogP contribution in [0.15, 0.2) is 47.5 Å². The lowest BCUT2D eigenvalue weighted by Gasteiger charge is -2.32. The Morgan fingerprint density at radius 2 is 2.16 bits per heavy atom. The molecule has 5 aromatic rings. The van der Waals surface area contributed by atoms with Crippen LogP contribution in [-0.2, 0) is 12.6 Å². The fraction of sp³-hybridized carbons (Fsp3) is 0.273. The van der Waals surface area contributed by atoms with E-state index in [1.807, 2.05) is 6.92 Å². The van der Waals surface area contributed by atoms with Crippen LogP contribution in [-0.4, -0.2) is 56.9 Å². The number of hydrogen-bond acceptors (Lipinski definition) is 7. The van der Waals surface area contributed by atoms with Crippen LogP contribution >= 0.6 is 9.24 Å². The van der Waals surface area contributed by atoms with E-state index in [-0.39, 0.29) is 35.3 Å². The normalized spacial score (nSPS) is 16.8. The van der Waals surface area contributed by atoms with Crippen molar-refractivity contribution in [1.82, 2.24) is 44.5 Å². The lowest BCUT2D eigenvalue weighted by Crippen LogP contribution is -2.41. The van der Waals surface area contributed by atoms with E-state index < -0.39 is 23.7 Å². The number of carbonyl (C=O) groups excluding carboxylic acids is 1. The highest BCUT2D eigenvalue weighted by atomic mass is 31.0. The summed E-state index contributed by atoms with van der Waals surface area (Å²) in [4.78, 5) is 22.4. The number of imidazole rings is 1. The van der Waals surface area contributed by atoms with E-state index in [9.17, 15) is 18.0 Å². The second-order valence-corrected chi connectivity index (χ2v) is 9.56. The zero-order valence-electron chi connectivity index (χ0n) is 19.2. The molecule has 0 aliphatic carbocycles. The van der Waals surface area contributed by atoms with Crippen LogP contribution in [0.1, 0.15) is 52.1 Å². The summed E-state index contributed by atoms with van der Waals surface area (Å²) in [7, 11) is 2.61. The quantitative estimate of drug-likeness (QED) is 0.354. The van der Waals surface area contributed by atoms with Crippen LogP contribution in [0.5, 0.6) is 0 Å². The molecule has 1 aliphatic heterocycles. The summed E-state index contributed by atoms with van der Waals surface area (Å²) in [6.45, 7) is 2.17. The van der Waals surface area contributed by atoms with Crippen molar-refractivity contribution in [2.45, 2.75) is 31.3 Å². The minimum absolute atomic E-state index is 0.0400. The maximum Gasteiger partial charge on any atom is 0.418 e. The standard InChI is InChI=1S/C22H19F3N9O2P/c1-11(37)34-9-12(8-28-34)19-29-30-20(36-19)21(35)32-6-4-14-17(27-10-26-14)18(32)15-7-16-13(22(23,24)25)3-2-5-33(16)31-15/h2-3,5,7-11,18H,4,6,37H2,1H3,(H,26,27)/t11?,18-/m1/s1. The highest BCUT2D eigenvalue weighted by molar-refractivity contribution is 7.16. The molecule has 0 bridgehead atoms. The predicted octanol–water partition coefficient (Wildman–Crippen LogP) is 3.50. The van der Waals surface area contributed by atoms with Crippen molar-refractivity contribution < 1.29 is 22.4 Å². The Kier molecular flexibility index (Phi) is 5.37. The molecular formula is C22H19F3N9O2P. The number of halogens is 3. The summed E-state index contributed by atoms with van der Waals surface area (Å²) < 4.78 is 49.4. The van der Waals surface area contributed by atoms with Gasteiger partial charge in [-0.3, -0.25) is 9.48 Å². The first-order valence-electron chi connectivity index (χ1n) is 11.2. The molecule has 0 spiro atoms. The van der Waals surface area contributed by atoms with Crippen molar-refractivity contribution in [1.29, 1.82) is 0 Å². The Morgan fingerprint density at radius 1 is 1.32 bits per heavy atom. The Balaban J connectivity index is 1.39. The maximum absolute atomic E-state index is 13.6. The molecule has 3 atom stereocenters. The molecule has 37 heavy (non-hydrogen) atoms. The summed E-state index contributed by atoms with van der Waals surface area (Å²) in [5.74, 6) is -0.683. The predicted molar refractivity (Wildman–Crippen MR) is 125 cm³/mol. The molecule has 6 rings (SSSR count). The minimum Gasteiger partial charge on any atom is -0.412 e. The number of amides is 1. The molecule has 1 aliphatic rings. The van der Waals surface area contributed by atoms with E-state index in [0.717, 1.165) is 16.3 Å². The fourth-order valence-electron chi connectivity index (χ4n) is 4.42. The van der Waals surface area contributed by atoms with Gasteiger partial charge in [-0.2, -0.15) is 23.4 Å². The van der Waals surface area contributed by atoms with Gasteiger partial charge < -0.3 is 14.3 Å². The third-order valence-corrected chi connectivity index (χ3v) is 6.47. The van der Waals surface area contributed by atoms with Crippen molar-refractivity contribution in [2.24, 2.45) is 0 Å². The van der Waals surface area contributed by atoms with Crippen molar-refractivity contribution in [3.63, 3.8) is 0 Å². The van der Waals surface area contributed by atoms with E-state index in [0.29, 0.717) is 17.7 Å². The monoisotopic (exact) mass is 529 g/mol. The number of rotatable bonds is 4. The number of aromatic nitrogens is 8. The van der Waals surface area contributed by atoms with Crippen molar-refractivity contribution in [3.8, 4) is 11.5 Å². The SMILES string of the molecule is CC(P)n1cc(-c2nnc(C(=O)N3CCc4[nH]cnc4[C@H]3c3cc4c(C(F)(F)F)cccn4n3)o2)cn1. The van der Waals surface area contributed by atoms with Gasteiger partial charge in [0.1, 0.15) is 6.04 Å². The highest BCUT2D eigenvalue weighted by Crippen LogP contribution is 2.37. The summed E-state index contributed by atoms with van der Waals surface area (Å²) >= 11 is 0. The van der Waals surface area contributed by atoms with Crippen molar-refractivity contribution >= 4 is 20.7 Å². The van der Waals surface area contributed by atoms with Gasteiger partial charge in [-0.25, -0.2) is 9.50 Å². The minimum atomic E-state index is -4.57. The van der Waals surface area contributed by atoms with Crippen LogP contribution < -0.4 is 0 Å². The number of alkyl halides is 3. The van der Waals surface area contributed by atoms with Crippen LogP contribution in [0, 0.1) is 0 Å². The van der Waals surface area contributed by atoms with Gasteiger partial charge in [-0.15, -0.1) is 19.4 Å². The Labute approximate surface area is 208 Å². The molecule has 1 amide bonds. The average molecular weight is 529 g/mol. The van der Waals surface area contributed by atoms with E-state index in [1.165, 1.54) is 29.6 Å². The molecule has 0 aromatic carbocycles. The fourth-order valence-corrected chi connectivity index (χ4v) is 4.59. The molecule has 2 unspecified atom stereocenters. The molecule has 11 nitrogen and oxygen atoms in total. The Bertz CT molecular complexity index is 1620. The van der Waals surface area contributed by atoms with Gasteiger partial charge in [0.2, 0.25) is 0 Å². The van der Waals surface area contributed by atoms with Gasteiger partial charge in [0.05, 0.1) is 46.3 Å². The third kappa shape index (κ3) is 3.97. The van der Waals surface area contributed by atoms with Crippen molar-refractivity contribution in [2.75, 3.05) is 6.54 Å². The molecular weight excluding hydrogens is 510 g/mol. The summed E-state index contributed by atoms with van der Waals surface area (Å²) in [5, 5.41) is 16.5. The first kappa shape index (κ1) is 23.3. The number of fused-ring (bicyclic) bond motifs is 2. The first-order valence-corrected chi connectivity index (χ1v) is 11.9. The number of carbonyl (C=O) groups is 1. The highest BCUT2D eigenvalue weighted by Gasteiger charge is 2.39.